The van der Waals surface area contributed by atoms with Gasteiger partial charge in [-0.3, -0.25) is 9.89 Å². The highest BCUT2D eigenvalue weighted by atomic mass is 127. The first kappa shape index (κ1) is 16.4. The lowest BCUT2D eigenvalue weighted by Gasteiger charge is -2.12. The molecular weight excluding hydrogens is 429 g/mol. The van der Waals surface area contributed by atoms with Gasteiger partial charge < -0.3 is 10.1 Å². The van der Waals surface area contributed by atoms with Gasteiger partial charge in [-0.25, -0.2) is 4.79 Å². The van der Waals surface area contributed by atoms with Crippen molar-refractivity contribution in [1.82, 2.24) is 10.2 Å². The number of fused-ring (bicyclic) bond motifs is 1. The number of esters is 1. The van der Waals surface area contributed by atoms with Crippen LogP contribution in [0.15, 0.2) is 6.20 Å². The number of hydrogen-bond donors (Lipinski definition) is 2. The van der Waals surface area contributed by atoms with E-state index in [1.165, 1.54) is 16.2 Å². The Labute approximate surface area is 151 Å². The standard InChI is InChI=1S/C15H16IN3O3S/c1-2-22-15(21)11-8-5-3-4-6-10(8)23-14(11)18-13(20)12-9(16)7-17-19-12/h7H,2-6H2,1H3,(H,17,19)(H,18,20). The average Bonchev–Trinajstić information content (AvgIpc) is 3.10. The number of halogens is 1. The first-order valence-electron chi connectivity index (χ1n) is 7.43. The van der Waals surface area contributed by atoms with Gasteiger partial charge in [-0.1, -0.05) is 0 Å². The van der Waals surface area contributed by atoms with Crippen molar-refractivity contribution >= 4 is 50.8 Å². The maximum absolute atomic E-state index is 12.4. The summed E-state index contributed by atoms with van der Waals surface area (Å²) in [6, 6.07) is 0. The van der Waals surface area contributed by atoms with Crippen molar-refractivity contribution in [3.63, 3.8) is 0 Å². The summed E-state index contributed by atoms with van der Waals surface area (Å²) < 4.78 is 5.92. The molecule has 6 nitrogen and oxygen atoms in total. The van der Waals surface area contributed by atoms with Gasteiger partial charge in [0.2, 0.25) is 0 Å². The van der Waals surface area contributed by atoms with E-state index >= 15 is 0 Å². The van der Waals surface area contributed by atoms with E-state index in [1.807, 2.05) is 22.6 Å². The molecule has 2 N–H and O–H groups in total. The van der Waals surface area contributed by atoms with Crippen molar-refractivity contribution in [2.45, 2.75) is 32.6 Å². The number of nitrogens with zero attached hydrogens (tertiary/aromatic N) is 1. The molecule has 0 unspecified atom stereocenters. The zero-order chi connectivity index (χ0) is 16.4. The molecule has 0 saturated carbocycles. The predicted molar refractivity (Wildman–Crippen MR) is 96.2 cm³/mol. The molecule has 2 heterocycles. The highest BCUT2D eigenvalue weighted by Gasteiger charge is 2.27. The number of amides is 1. The average molecular weight is 445 g/mol. The third kappa shape index (κ3) is 3.27. The van der Waals surface area contributed by atoms with Crippen molar-refractivity contribution < 1.29 is 14.3 Å². The van der Waals surface area contributed by atoms with Gasteiger partial charge >= 0.3 is 5.97 Å². The number of ether oxygens (including phenoxy) is 1. The third-order valence-electron chi connectivity index (χ3n) is 3.70. The first-order chi connectivity index (χ1) is 11.1. The van der Waals surface area contributed by atoms with Crippen molar-refractivity contribution in [2.24, 2.45) is 0 Å². The fourth-order valence-electron chi connectivity index (χ4n) is 2.67. The summed E-state index contributed by atoms with van der Waals surface area (Å²) in [4.78, 5) is 25.9. The maximum atomic E-state index is 12.4. The minimum Gasteiger partial charge on any atom is -0.462 e. The van der Waals surface area contributed by atoms with Crippen LogP contribution >= 0.6 is 33.9 Å². The number of aromatic nitrogens is 2. The smallest absolute Gasteiger partial charge is 0.341 e. The number of anilines is 1. The Kier molecular flexibility index (Phi) is 5.00. The van der Waals surface area contributed by atoms with Crippen molar-refractivity contribution in [2.75, 3.05) is 11.9 Å². The topological polar surface area (TPSA) is 84.1 Å². The van der Waals surface area contributed by atoms with Crippen molar-refractivity contribution in [3.8, 4) is 0 Å². The van der Waals surface area contributed by atoms with Crippen molar-refractivity contribution in [1.29, 1.82) is 0 Å². The number of hydrogen-bond acceptors (Lipinski definition) is 5. The van der Waals surface area contributed by atoms with Crippen LogP contribution in [-0.4, -0.2) is 28.7 Å². The molecule has 0 atom stereocenters. The largest absolute Gasteiger partial charge is 0.462 e. The molecule has 1 amide bonds. The van der Waals surface area contributed by atoms with E-state index in [2.05, 4.69) is 15.5 Å². The van der Waals surface area contributed by atoms with Gasteiger partial charge in [0.15, 0.2) is 0 Å². The van der Waals surface area contributed by atoms with E-state index in [0.717, 1.165) is 34.8 Å². The number of aryl methyl sites for hydroxylation is 1. The summed E-state index contributed by atoms with van der Waals surface area (Å²) in [6.07, 6.45) is 5.56. The van der Waals surface area contributed by atoms with Crippen LogP contribution in [-0.2, 0) is 17.6 Å². The summed E-state index contributed by atoms with van der Waals surface area (Å²) in [5, 5.41) is 9.96. The monoisotopic (exact) mass is 445 g/mol. The number of carbonyl (C=O) groups excluding carboxylic acids is 2. The van der Waals surface area contributed by atoms with Crippen molar-refractivity contribution in [3.05, 3.63) is 31.5 Å². The highest BCUT2D eigenvalue weighted by Crippen LogP contribution is 2.38. The molecule has 0 saturated heterocycles. The quantitative estimate of drug-likeness (QED) is 0.559. The molecule has 0 bridgehead atoms. The molecule has 2 aromatic rings. The second-order valence-corrected chi connectivity index (χ2v) is 7.45. The summed E-state index contributed by atoms with van der Waals surface area (Å²) >= 11 is 3.52. The Bertz CT molecular complexity index is 753. The molecule has 2 aromatic heterocycles. The number of rotatable bonds is 4. The predicted octanol–water partition coefficient (Wildman–Crippen LogP) is 3.38. The fourth-order valence-corrected chi connectivity index (χ4v) is 4.45. The molecule has 1 aliphatic rings. The van der Waals surface area contributed by atoms with Gasteiger partial charge in [-0.15, -0.1) is 11.3 Å². The van der Waals surface area contributed by atoms with Gasteiger partial charge in [-0.2, -0.15) is 5.10 Å². The lowest BCUT2D eigenvalue weighted by molar-refractivity contribution is 0.0526. The van der Waals surface area contributed by atoms with Gasteiger partial charge in [0.25, 0.3) is 5.91 Å². The Morgan fingerprint density at radius 1 is 1.43 bits per heavy atom. The zero-order valence-corrected chi connectivity index (χ0v) is 15.5. The lowest BCUT2D eigenvalue weighted by Crippen LogP contribution is -2.16. The molecule has 122 valence electrons. The summed E-state index contributed by atoms with van der Waals surface area (Å²) in [5.74, 6) is -0.655. The molecule has 0 radical (unpaired) electrons. The molecule has 8 heteroatoms. The van der Waals surface area contributed by atoms with E-state index in [4.69, 9.17) is 4.74 Å². The highest BCUT2D eigenvalue weighted by molar-refractivity contribution is 14.1. The summed E-state index contributed by atoms with van der Waals surface area (Å²) in [6.45, 7) is 2.09. The van der Waals surface area contributed by atoms with Crippen LogP contribution < -0.4 is 5.32 Å². The van der Waals surface area contributed by atoms with E-state index in [1.54, 1.807) is 13.1 Å². The molecular formula is C15H16IN3O3S. The van der Waals surface area contributed by atoms with Crippen LogP contribution in [0.25, 0.3) is 0 Å². The SMILES string of the molecule is CCOC(=O)c1c(NC(=O)c2[nH]ncc2I)sc2c1CCCC2. The minimum absolute atomic E-state index is 0.295. The summed E-state index contributed by atoms with van der Waals surface area (Å²) in [5.41, 5.74) is 1.95. The van der Waals surface area contributed by atoms with E-state index < -0.39 is 0 Å². The van der Waals surface area contributed by atoms with Gasteiger partial charge in [0, 0.05) is 4.88 Å². The van der Waals surface area contributed by atoms with Gasteiger partial charge in [0.1, 0.15) is 10.7 Å². The Morgan fingerprint density at radius 3 is 2.91 bits per heavy atom. The minimum atomic E-state index is -0.360. The van der Waals surface area contributed by atoms with Gasteiger partial charge in [-0.05, 0) is 60.8 Å². The van der Waals surface area contributed by atoms with Crippen LogP contribution in [0.5, 0.6) is 0 Å². The number of nitrogens with one attached hydrogen (secondary N) is 2. The molecule has 1 aliphatic carbocycles. The normalized spacial score (nSPS) is 13.5. The number of thiophene rings is 1. The maximum Gasteiger partial charge on any atom is 0.341 e. The van der Waals surface area contributed by atoms with E-state index in [9.17, 15) is 9.59 Å². The Balaban J connectivity index is 1.95. The molecule has 3 rings (SSSR count). The lowest BCUT2D eigenvalue weighted by atomic mass is 9.95. The Hall–Kier alpha value is -1.42. The molecule has 23 heavy (non-hydrogen) atoms. The first-order valence-corrected chi connectivity index (χ1v) is 9.33. The molecule has 0 aromatic carbocycles. The zero-order valence-electron chi connectivity index (χ0n) is 12.6. The van der Waals surface area contributed by atoms with E-state index in [-0.39, 0.29) is 11.9 Å². The third-order valence-corrected chi connectivity index (χ3v) is 5.72. The second-order valence-electron chi connectivity index (χ2n) is 5.18. The van der Waals surface area contributed by atoms with Crippen LogP contribution in [0.3, 0.4) is 0 Å². The van der Waals surface area contributed by atoms with Gasteiger partial charge in [0.05, 0.1) is 21.9 Å². The number of aromatic amines is 1. The number of H-pyrrole nitrogens is 1. The molecule has 0 spiro atoms. The molecule has 0 fully saturated rings. The number of carbonyl (C=O) groups is 2. The Morgan fingerprint density at radius 2 is 2.22 bits per heavy atom. The van der Waals surface area contributed by atoms with Crippen LogP contribution in [0.1, 0.15) is 51.1 Å². The van der Waals surface area contributed by atoms with E-state index in [0.29, 0.717) is 22.9 Å². The van der Waals surface area contributed by atoms with Crippen LogP contribution in [0.2, 0.25) is 0 Å². The fraction of sp³-hybridized carbons (Fsp3) is 0.400. The van der Waals surface area contributed by atoms with Crippen LogP contribution in [0, 0.1) is 3.57 Å². The molecule has 0 aliphatic heterocycles. The second kappa shape index (κ2) is 7.00. The van der Waals surface area contributed by atoms with Crippen LogP contribution in [0.4, 0.5) is 5.00 Å². The summed E-state index contributed by atoms with van der Waals surface area (Å²) in [7, 11) is 0.